The second kappa shape index (κ2) is 6.28. The molecule has 2 nitrogen and oxygen atoms in total. The van der Waals surface area contributed by atoms with Gasteiger partial charge < -0.3 is 5.32 Å². The number of hydrogen-bond donors (Lipinski definition) is 1. The molecule has 1 aliphatic rings. The molecule has 0 atom stereocenters. The van der Waals surface area contributed by atoms with Crippen molar-refractivity contribution >= 4 is 23.4 Å². The summed E-state index contributed by atoms with van der Waals surface area (Å²) in [6.07, 6.45) is 2.03. The van der Waals surface area contributed by atoms with Gasteiger partial charge in [0.2, 0.25) is 5.91 Å². The molecular weight excluding hydrogens is 242 g/mol. The fourth-order valence-corrected chi connectivity index (χ4v) is 3.26. The van der Waals surface area contributed by atoms with Crippen molar-refractivity contribution in [3.8, 4) is 0 Å². The molecule has 1 amide bonds. The third-order valence-corrected chi connectivity index (χ3v) is 4.49. The Bertz CT molecular complexity index is 393. The van der Waals surface area contributed by atoms with Crippen LogP contribution >= 0.6 is 11.8 Å². The molecule has 98 valence electrons. The molecule has 1 saturated heterocycles. The summed E-state index contributed by atoms with van der Waals surface area (Å²) in [5.74, 6) is 3.16. The fraction of sp³-hybridized carbons (Fsp3) is 0.533. The van der Waals surface area contributed by atoms with Gasteiger partial charge in [0, 0.05) is 11.6 Å². The van der Waals surface area contributed by atoms with Crippen LogP contribution in [0.4, 0.5) is 5.69 Å². The predicted octanol–water partition coefficient (Wildman–Crippen LogP) is 3.89. The first-order valence-electron chi connectivity index (χ1n) is 6.65. The molecule has 0 aliphatic carbocycles. The van der Waals surface area contributed by atoms with Crippen LogP contribution in [0.5, 0.6) is 0 Å². The van der Waals surface area contributed by atoms with E-state index in [9.17, 15) is 4.79 Å². The van der Waals surface area contributed by atoms with E-state index < -0.39 is 0 Å². The molecule has 1 aromatic rings. The largest absolute Gasteiger partial charge is 0.326 e. The molecular formula is C15H21NOS. The van der Waals surface area contributed by atoms with Crippen LogP contribution < -0.4 is 5.32 Å². The van der Waals surface area contributed by atoms with Crippen molar-refractivity contribution in [1.82, 2.24) is 0 Å². The van der Waals surface area contributed by atoms with Gasteiger partial charge in [0.25, 0.3) is 0 Å². The number of benzene rings is 1. The maximum Gasteiger partial charge on any atom is 0.227 e. The minimum absolute atomic E-state index is 0.188. The minimum Gasteiger partial charge on any atom is -0.326 e. The van der Waals surface area contributed by atoms with Gasteiger partial charge in [-0.1, -0.05) is 26.0 Å². The second-order valence-electron chi connectivity index (χ2n) is 5.15. The number of thioether (sulfide) groups is 1. The van der Waals surface area contributed by atoms with Crippen LogP contribution in [-0.4, -0.2) is 17.4 Å². The van der Waals surface area contributed by atoms with Gasteiger partial charge in [-0.2, -0.15) is 11.8 Å². The lowest BCUT2D eigenvalue weighted by Gasteiger charge is -2.20. The monoisotopic (exact) mass is 263 g/mol. The number of amides is 1. The van der Waals surface area contributed by atoms with E-state index in [-0.39, 0.29) is 11.8 Å². The Morgan fingerprint density at radius 1 is 1.22 bits per heavy atom. The van der Waals surface area contributed by atoms with Crippen molar-refractivity contribution in [3.63, 3.8) is 0 Å². The molecule has 1 aliphatic heterocycles. The molecule has 0 aromatic heterocycles. The Kier molecular flexibility index (Phi) is 4.70. The molecule has 0 unspecified atom stereocenters. The lowest BCUT2D eigenvalue weighted by Crippen LogP contribution is -2.26. The van der Waals surface area contributed by atoms with E-state index in [0.29, 0.717) is 5.92 Å². The van der Waals surface area contributed by atoms with E-state index in [0.717, 1.165) is 30.0 Å². The summed E-state index contributed by atoms with van der Waals surface area (Å²) in [5, 5.41) is 3.03. The molecule has 2 rings (SSSR count). The maximum absolute atomic E-state index is 12.1. The first-order valence-corrected chi connectivity index (χ1v) is 7.81. The quantitative estimate of drug-likeness (QED) is 0.896. The standard InChI is InChI=1S/C15H21NOS/c1-11(2)12-3-5-14(6-4-12)16-15(17)13-7-9-18-10-8-13/h3-6,11,13H,7-10H2,1-2H3,(H,16,17). The van der Waals surface area contributed by atoms with Crippen molar-refractivity contribution in [3.05, 3.63) is 29.8 Å². The molecule has 1 fully saturated rings. The van der Waals surface area contributed by atoms with Gasteiger partial charge in [-0.15, -0.1) is 0 Å². The zero-order valence-corrected chi connectivity index (χ0v) is 11.9. The van der Waals surface area contributed by atoms with E-state index in [2.05, 4.69) is 31.3 Å². The van der Waals surface area contributed by atoms with Crippen molar-refractivity contribution < 1.29 is 4.79 Å². The highest BCUT2D eigenvalue weighted by atomic mass is 32.2. The van der Waals surface area contributed by atoms with E-state index >= 15 is 0 Å². The smallest absolute Gasteiger partial charge is 0.227 e. The topological polar surface area (TPSA) is 29.1 Å². The van der Waals surface area contributed by atoms with E-state index in [4.69, 9.17) is 0 Å². The Morgan fingerprint density at radius 3 is 2.39 bits per heavy atom. The first-order chi connectivity index (χ1) is 8.66. The molecule has 0 spiro atoms. The average molecular weight is 263 g/mol. The van der Waals surface area contributed by atoms with Crippen LogP contribution in [0.1, 0.15) is 38.2 Å². The summed E-state index contributed by atoms with van der Waals surface area (Å²) in [5.41, 5.74) is 2.23. The highest BCUT2D eigenvalue weighted by molar-refractivity contribution is 7.99. The molecule has 0 radical (unpaired) electrons. The lowest BCUT2D eigenvalue weighted by molar-refractivity contribution is -0.120. The van der Waals surface area contributed by atoms with Gasteiger partial charge in [-0.3, -0.25) is 4.79 Å². The Balaban J connectivity index is 1.94. The second-order valence-corrected chi connectivity index (χ2v) is 6.38. The van der Waals surface area contributed by atoms with Crippen LogP contribution in [0.25, 0.3) is 0 Å². The predicted molar refractivity (Wildman–Crippen MR) is 79.2 cm³/mol. The van der Waals surface area contributed by atoms with Gasteiger partial charge in [0.15, 0.2) is 0 Å². The van der Waals surface area contributed by atoms with Crippen molar-refractivity contribution in [2.24, 2.45) is 5.92 Å². The normalized spacial score (nSPS) is 16.8. The highest BCUT2D eigenvalue weighted by Gasteiger charge is 2.21. The minimum atomic E-state index is 0.188. The third kappa shape index (κ3) is 3.52. The Hall–Kier alpha value is -0.960. The third-order valence-electron chi connectivity index (χ3n) is 3.44. The summed E-state index contributed by atoms with van der Waals surface area (Å²) in [6, 6.07) is 8.20. The summed E-state index contributed by atoms with van der Waals surface area (Å²) < 4.78 is 0. The number of hydrogen-bond acceptors (Lipinski definition) is 2. The van der Waals surface area contributed by atoms with Crippen LogP contribution in [-0.2, 0) is 4.79 Å². The van der Waals surface area contributed by atoms with Gasteiger partial charge in [0.05, 0.1) is 0 Å². The molecule has 18 heavy (non-hydrogen) atoms. The van der Waals surface area contributed by atoms with Gasteiger partial charge in [0.1, 0.15) is 0 Å². The van der Waals surface area contributed by atoms with E-state index in [1.165, 1.54) is 5.56 Å². The highest BCUT2D eigenvalue weighted by Crippen LogP contribution is 2.24. The lowest BCUT2D eigenvalue weighted by atomic mass is 10.0. The number of nitrogens with one attached hydrogen (secondary N) is 1. The van der Waals surface area contributed by atoms with Gasteiger partial charge in [-0.25, -0.2) is 0 Å². The number of rotatable bonds is 3. The van der Waals surface area contributed by atoms with E-state index in [1.807, 2.05) is 23.9 Å². The number of anilines is 1. The van der Waals surface area contributed by atoms with Gasteiger partial charge >= 0.3 is 0 Å². The van der Waals surface area contributed by atoms with Crippen LogP contribution in [0.3, 0.4) is 0 Å². The van der Waals surface area contributed by atoms with Crippen molar-refractivity contribution in [1.29, 1.82) is 0 Å². The average Bonchev–Trinajstić information content (AvgIpc) is 2.40. The van der Waals surface area contributed by atoms with Crippen LogP contribution in [0.2, 0.25) is 0 Å². The van der Waals surface area contributed by atoms with Crippen molar-refractivity contribution in [2.75, 3.05) is 16.8 Å². The van der Waals surface area contributed by atoms with Gasteiger partial charge in [-0.05, 0) is 48.0 Å². The molecule has 1 N–H and O–H groups in total. The first kappa shape index (κ1) is 13.5. The summed E-state index contributed by atoms with van der Waals surface area (Å²) in [4.78, 5) is 12.1. The number of carbonyl (C=O) groups excluding carboxylic acids is 1. The zero-order chi connectivity index (χ0) is 13.0. The van der Waals surface area contributed by atoms with Crippen LogP contribution in [0, 0.1) is 5.92 Å². The molecule has 3 heteroatoms. The summed E-state index contributed by atoms with van der Waals surface area (Å²) in [6.45, 7) is 4.35. The van der Waals surface area contributed by atoms with Crippen molar-refractivity contribution in [2.45, 2.75) is 32.6 Å². The van der Waals surface area contributed by atoms with E-state index in [1.54, 1.807) is 0 Å². The maximum atomic E-state index is 12.1. The zero-order valence-electron chi connectivity index (χ0n) is 11.1. The summed E-state index contributed by atoms with van der Waals surface area (Å²) in [7, 11) is 0. The summed E-state index contributed by atoms with van der Waals surface area (Å²) >= 11 is 1.95. The fourth-order valence-electron chi connectivity index (χ4n) is 2.16. The Morgan fingerprint density at radius 2 is 1.83 bits per heavy atom. The molecule has 1 heterocycles. The SMILES string of the molecule is CC(C)c1ccc(NC(=O)C2CCSCC2)cc1. The van der Waals surface area contributed by atoms with Crippen LogP contribution in [0.15, 0.2) is 24.3 Å². The number of carbonyl (C=O) groups is 1. The molecule has 0 bridgehead atoms. The Labute approximate surface area is 114 Å². The molecule has 1 aromatic carbocycles. The molecule has 0 saturated carbocycles.